The number of hydrogen-bond acceptors (Lipinski definition) is 9. The highest BCUT2D eigenvalue weighted by Crippen LogP contribution is 2.11. The number of aromatic nitrogens is 2. The largest absolute Gasteiger partial charge is 0.480 e. The number of aliphatic hydroxyl groups excluding tert-OH is 1. The molecular weight excluding hydrogens is 394 g/mol. The molecule has 2 heterocycles. The topological polar surface area (TPSA) is 230 Å². The van der Waals surface area contributed by atoms with E-state index in [0.717, 1.165) is 4.90 Å². The number of carboxylic acid groups (broad SMARTS) is 1. The minimum Gasteiger partial charge on any atom is -0.480 e. The lowest BCUT2D eigenvalue weighted by molar-refractivity contribution is -0.141. The van der Waals surface area contributed by atoms with Crippen molar-refractivity contribution in [1.29, 1.82) is 0 Å². The van der Waals surface area contributed by atoms with Crippen LogP contribution in [-0.2, 0) is 25.7 Å². The molecule has 0 bridgehead atoms. The van der Waals surface area contributed by atoms with Gasteiger partial charge in [-0.3, -0.25) is 19.3 Å². The van der Waals surface area contributed by atoms with Gasteiger partial charge in [0.25, 0.3) is 5.95 Å². The van der Waals surface area contributed by atoms with E-state index in [-0.39, 0.29) is 43.3 Å². The zero-order chi connectivity index (χ0) is 22.1. The molecule has 5 amide bonds. The van der Waals surface area contributed by atoms with Crippen LogP contribution in [0.1, 0.15) is 19.7 Å². The molecule has 2 atom stereocenters. The second-order valence-electron chi connectivity index (χ2n) is 5.74. The Hall–Kier alpha value is -3.75. The lowest BCUT2D eigenvalue weighted by Crippen LogP contribution is -2.52. The predicted octanol–water partition coefficient (Wildman–Crippen LogP) is -3.34. The number of carboxylic acids is 1. The summed E-state index contributed by atoms with van der Waals surface area (Å²) in [6.07, 6.45) is -1.30. The fraction of sp³-hybridized carbons (Fsp3) is 0.500. The second kappa shape index (κ2) is 10.5. The minimum atomic E-state index is -1.48. The average molecular weight is 415 g/mol. The molecule has 29 heavy (non-hydrogen) atoms. The zero-order valence-corrected chi connectivity index (χ0v) is 15.5. The number of nitrogens with zero attached hydrogens (tertiary/aromatic N) is 3. The summed E-state index contributed by atoms with van der Waals surface area (Å²) in [5, 5.41) is 28.4. The summed E-state index contributed by atoms with van der Waals surface area (Å²) in [6, 6.07) is -2.36. The maximum atomic E-state index is 11.7. The van der Waals surface area contributed by atoms with Crippen LogP contribution >= 0.6 is 0 Å². The van der Waals surface area contributed by atoms with Crippen molar-refractivity contribution in [2.75, 3.05) is 18.0 Å². The first-order chi connectivity index (χ1) is 13.5. The first-order valence-electron chi connectivity index (χ1n) is 8.12. The molecule has 1 aromatic heterocycles. The molecular formula is C14H21N7O8. The molecule has 1 saturated heterocycles. The van der Waals surface area contributed by atoms with Crippen LogP contribution in [0.15, 0.2) is 4.52 Å². The van der Waals surface area contributed by atoms with Gasteiger partial charge in [0.2, 0.25) is 23.6 Å². The summed E-state index contributed by atoms with van der Waals surface area (Å²) in [4.78, 5) is 59.6. The van der Waals surface area contributed by atoms with Crippen LogP contribution in [0.5, 0.6) is 0 Å². The van der Waals surface area contributed by atoms with Crippen LogP contribution in [0, 0.1) is 0 Å². The molecule has 0 aromatic carbocycles. The number of nitrogens with one attached hydrogen (secondary N) is 3. The zero-order valence-electron chi connectivity index (χ0n) is 15.5. The van der Waals surface area contributed by atoms with Gasteiger partial charge >= 0.3 is 12.0 Å². The number of rotatable bonds is 6. The molecule has 0 aliphatic carbocycles. The number of aliphatic hydroxyl groups is 1. The third kappa shape index (κ3) is 7.79. The van der Waals surface area contributed by atoms with E-state index in [1.165, 1.54) is 13.8 Å². The van der Waals surface area contributed by atoms with E-state index in [0.29, 0.717) is 0 Å². The van der Waals surface area contributed by atoms with Crippen molar-refractivity contribution in [1.82, 2.24) is 26.1 Å². The van der Waals surface area contributed by atoms with Crippen LogP contribution < -0.4 is 26.6 Å². The lowest BCUT2D eigenvalue weighted by atomic mass is 10.2. The molecule has 0 spiro atoms. The number of nitrogens with two attached hydrogens (primary N) is 1. The highest BCUT2D eigenvalue weighted by Gasteiger charge is 2.28. The summed E-state index contributed by atoms with van der Waals surface area (Å²) >= 11 is 0. The quantitative estimate of drug-likeness (QED) is 0.270. The maximum Gasteiger partial charge on any atom is 0.328 e. The molecule has 0 radical (unpaired) electrons. The molecule has 2 unspecified atom stereocenters. The van der Waals surface area contributed by atoms with Crippen molar-refractivity contribution >= 4 is 35.7 Å². The Morgan fingerprint density at radius 2 is 2.00 bits per heavy atom. The Morgan fingerprint density at radius 3 is 2.55 bits per heavy atom. The van der Waals surface area contributed by atoms with Crippen molar-refractivity contribution in [3.05, 3.63) is 5.89 Å². The number of urea groups is 1. The van der Waals surface area contributed by atoms with Crippen LogP contribution in [0.3, 0.4) is 0 Å². The van der Waals surface area contributed by atoms with Gasteiger partial charge < -0.3 is 36.4 Å². The monoisotopic (exact) mass is 415 g/mol. The Morgan fingerprint density at radius 1 is 1.38 bits per heavy atom. The molecule has 160 valence electrons. The Kier molecular flexibility index (Phi) is 8.47. The Bertz CT molecular complexity index is 774. The van der Waals surface area contributed by atoms with Gasteiger partial charge in [-0.1, -0.05) is 0 Å². The van der Waals surface area contributed by atoms with Gasteiger partial charge in [0.1, 0.15) is 6.54 Å². The highest BCUT2D eigenvalue weighted by molar-refractivity contribution is 6.03. The number of primary amides is 1. The van der Waals surface area contributed by atoms with Crippen LogP contribution in [0.25, 0.3) is 0 Å². The van der Waals surface area contributed by atoms with E-state index in [4.69, 9.17) is 9.63 Å². The Balaban J connectivity index is 0.000000960. The fourth-order valence-corrected chi connectivity index (χ4v) is 1.90. The van der Waals surface area contributed by atoms with Gasteiger partial charge in [0, 0.05) is 6.92 Å². The highest BCUT2D eigenvalue weighted by atomic mass is 16.5. The van der Waals surface area contributed by atoms with E-state index in [9.17, 15) is 29.1 Å². The van der Waals surface area contributed by atoms with Gasteiger partial charge in [-0.15, -0.1) is 0 Å². The van der Waals surface area contributed by atoms with Crippen molar-refractivity contribution in [2.24, 2.45) is 5.73 Å². The van der Waals surface area contributed by atoms with Crippen molar-refractivity contribution in [3.8, 4) is 0 Å². The van der Waals surface area contributed by atoms with Gasteiger partial charge in [0.05, 0.1) is 19.2 Å². The molecule has 2 rings (SSSR count). The number of carbonyl (C=O) groups is 5. The minimum absolute atomic E-state index is 0.0622. The summed E-state index contributed by atoms with van der Waals surface area (Å²) in [5.41, 5.74) is 4.47. The molecule has 0 saturated carbocycles. The van der Waals surface area contributed by atoms with E-state index in [1.807, 2.05) is 0 Å². The first-order valence-corrected chi connectivity index (χ1v) is 8.12. The van der Waals surface area contributed by atoms with Crippen molar-refractivity contribution < 1.29 is 38.7 Å². The number of hydrogen-bond donors (Lipinski definition) is 6. The molecule has 1 aliphatic heterocycles. The van der Waals surface area contributed by atoms with Gasteiger partial charge in [-0.2, -0.15) is 4.98 Å². The SMILES string of the molecule is CC(N)=O.CC(O)C(NC(=O)NCc1nc(N2CC(=O)NCC2=O)no1)C(=O)O. The molecule has 1 fully saturated rings. The van der Waals surface area contributed by atoms with Crippen LogP contribution in [0.2, 0.25) is 0 Å². The van der Waals surface area contributed by atoms with Gasteiger partial charge in [-0.25, -0.2) is 9.59 Å². The third-order valence-corrected chi connectivity index (χ3v) is 3.17. The summed E-state index contributed by atoms with van der Waals surface area (Å²) < 4.78 is 4.86. The van der Waals surface area contributed by atoms with E-state index in [2.05, 4.69) is 31.8 Å². The molecule has 1 aliphatic rings. The number of piperazine rings is 1. The fourth-order valence-electron chi connectivity index (χ4n) is 1.90. The van der Waals surface area contributed by atoms with Gasteiger partial charge in [0.15, 0.2) is 6.04 Å². The number of anilines is 1. The molecule has 15 heteroatoms. The maximum absolute atomic E-state index is 11.7. The summed E-state index contributed by atoms with van der Waals surface area (Å²) in [7, 11) is 0. The standard InChI is InChI=1S/C12H16N6O7.C2H5NO/c1-5(19)9(10(22)23)16-12(24)14-2-7-15-11(17-25-7)18-4-6(20)13-3-8(18)21;1-2(3)4/h5,9,19H,2-4H2,1H3,(H,13,20)(H,22,23)(H2,14,16,24);1H3,(H2,3,4). The molecule has 15 nitrogen and oxygen atoms in total. The smallest absolute Gasteiger partial charge is 0.328 e. The first kappa shape index (κ1) is 23.3. The number of aliphatic carboxylic acids is 1. The predicted molar refractivity (Wildman–Crippen MR) is 93.0 cm³/mol. The van der Waals surface area contributed by atoms with Crippen molar-refractivity contribution in [2.45, 2.75) is 32.5 Å². The van der Waals surface area contributed by atoms with E-state index >= 15 is 0 Å². The van der Waals surface area contributed by atoms with Crippen LogP contribution in [-0.4, -0.2) is 75.3 Å². The van der Waals surface area contributed by atoms with Gasteiger partial charge in [-0.05, 0) is 12.1 Å². The lowest BCUT2D eigenvalue weighted by Gasteiger charge is -2.22. The van der Waals surface area contributed by atoms with E-state index in [1.54, 1.807) is 0 Å². The van der Waals surface area contributed by atoms with Crippen LogP contribution in [0.4, 0.5) is 10.7 Å². The normalized spacial score (nSPS) is 15.3. The Labute approximate surface area is 163 Å². The summed E-state index contributed by atoms with van der Waals surface area (Å²) in [6.45, 7) is 1.84. The summed E-state index contributed by atoms with van der Waals surface area (Å²) in [5.74, 6) is -2.70. The average Bonchev–Trinajstić information content (AvgIpc) is 3.07. The second-order valence-corrected chi connectivity index (χ2v) is 5.74. The number of carbonyl (C=O) groups excluding carboxylic acids is 4. The molecule has 1 aromatic rings. The van der Waals surface area contributed by atoms with E-state index < -0.39 is 30.1 Å². The molecule has 7 N–H and O–H groups in total. The number of amides is 5. The third-order valence-electron chi connectivity index (χ3n) is 3.17. The van der Waals surface area contributed by atoms with Crippen molar-refractivity contribution in [3.63, 3.8) is 0 Å².